The second-order valence-corrected chi connectivity index (χ2v) is 3.30. The number of primary amides is 1. The lowest BCUT2D eigenvalue weighted by Crippen LogP contribution is -2.17. The summed E-state index contributed by atoms with van der Waals surface area (Å²) in [6.07, 6.45) is 2.19. The van der Waals surface area contributed by atoms with E-state index in [9.17, 15) is 4.79 Å². The van der Waals surface area contributed by atoms with Crippen LogP contribution in [0.25, 0.3) is 0 Å². The predicted octanol–water partition coefficient (Wildman–Crippen LogP) is -1.04. The molecule has 0 fully saturated rings. The molecule has 84 valence electrons. The molecule has 0 radical (unpaired) electrons. The third-order valence-corrected chi connectivity index (χ3v) is 1.86. The third-order valence-electron chi connectivity index (χ3n) is 1.86. The molecule has 0 atom stereocenters. The Morgan fingerprint density at radius 1 is 1.53 bits per heavy atom. The minimum Gasteiger partial charge on any atom is -0.370 e. The van der Waals surface area contributed by atoms with Crippen molar-refractivity contribution >= 4 is 5.91 Å². The van der Waals surface area contributed by atoms with E-state index in [0.29, 0.717) is 18.8 Å². The fraction of sp³-hybridized carbons (Fsp3) is 0.750. The molecule has 0 bridgehead atoms. The van der Waals surface area contributed by atoms with Crippen LogP contribution in [0.3, 0.4) is 0 Å². The number of tetrazole rings is 1. The number of hydrogen-bond donors (Lipinski definition) is 2. The maximum absolute atomic E-state index is 10.4. The van der Waals surface area contributed by atoms with Crippen molar-refractivity contribution in [2.45, 2.75) is 25.8 Å². The Morgan fingerprint density at radius 3 is 2.93 bits per heavy atom. The van der Waals surface area contributed by atoms with Crippen LogP contribution in [0.15, 0.2) is 0 Å². The molecule has 15 heavy (non-hydrogen) atoms. The Hall–Kier alpha value is -1.50. The first-order valence-corrected chi connectivity index (χ1v) is 4.90. The van der Waals surface area contributed by atoms with Gasteiger partial charge in [0.05, 0.1) is 13.6 Å². The number of carbonyl (C=O) groups excluding carboxylic acids is 1. The molecule has 3 N–H and O–H groups in total. The fourth-order valence-corrected chi connectivity index (χ4v) is 1.14. The van der Waals surface area contributed by atoms with E-state index in [-0.39, 0.29) is 5.91 Å². The van der Waals surface area contributed by atoms with Crippen LogP contribution >= 0.6 is 0 Å². The summed E-state index contributed by atoms with van der Waals surface area (Å²) in [7, 11) is 1.73. The van der Waals surface area contributed by atoms with Crippen molar-refractivity contribution in [2.24, 2.45) is 12.8 Å². The van der Waals surface area contributed by atoms with Crippen LogP contribution in [0, 0.1) is 0 Å². The van der Waals surface area contributed by atoms with Crippen LogP contribution in [-0.2, 0) is 18.4 Å². The van der Waals surface area contributed by atoms with Crippen LogP contribution in [0.4, 0.5) is 0 Å². The number of nitrogens with one attached hydrogen (secondary N) is 1. The molecule has 0 aliphatic rings. The second kappa shape index (κ2) is 6.07. The van der Waals surface area contributed by atoms with Gasteiger partial charge in [0.2, 0.25) is 5.91 Å². The normalized spacial score (nSPS) is 10.5. The molecule has 0 aliphatic heterocycles. The molecule has 0 saturated carbocycles. The lowest BCUT2D eigenvalue weighted by atomic mass is 10.2. The topological polar surface area (TPSA) is 98.7 Å². The minimum absolute atomic E-state index is 0.245. The van der Waals surface area contributed by atoms with Gasteiger partial charge in [-0.05, 0) is 24.6 Å². The van der Waals surface area contributed by atoms with E-state index < -0.39 is 0 Å². The molecule has 7 nitrogen and oxygen atoms in total. The highest BCUT2D eigenvalue weighted by molar-refractivity contribution is 5.73. The van der Waals surface area contributed by atoms with E-state index in [4.69, 9.17) is 5.73 Å². The van der Waals surface area contributed by atoms with Crippen molar-refractivity contribution < 1.29 is 4.79 Å². The average molecular weight is 212 g/mol. The first kappa shape index (κ1) is 11.6. The molecule has 7 heteroatoms. The van der Waals surface area contributed by atoms with Gasteiger partial charge < -0.3 is 11.1 Å². The summed E-state index contributed by atoms with van der Waals surface area (Å²) in [5, 5.41) is 14.7. The van der Waals surface area contributed by atoms with E-state index in [1.165, 1.54) is 4.80 Å². The summed E-state index contributed by atoms with van der Waals surface area (Å²) in [4.78, 5) is 11.8. The second-order valence-electron chi connectivity index (χ2n) is 3.30. The first-order valence-electron chi connectivity index (χ1n) is 4.90. The van der Waals surface area contributed by atoms with E-state index in [1.807, 2.05) is 0 Å². The predicted molar refractivity (Wildman–Crippen MR) is 53.6 cm³/mol. The van der Waals surface area contributed by atoms with E-state index >= 15 is 0 Å². The van der Waals surface area contributed by atoms with Crippen molar-refractivity contribution in [2.75, 3.05) is 6.54 Å². The van der Waals surface area contributed by atoms with Crippen molar-refractivity contribution in [3.8, 4) is 0 Å². The molecule has 0 aromatic carbocycles. The van der Waals surface area contributed by atoms with Gasteiger partial charge in [-0.25, -0.2) is 0 Å². The quantitative estimate of drug-likeness (QED) is 0.562. The number of amides is 1. The summed E-state index contributed by atoms with van der Waals surface area (Å²) in [5.74, 6) is 0.429. The van der Waals surface area contributed by atoms with E-state index in [0.717, 1.165) is 19.4 Å². The summed E-state index contributed by atoms with van der Waals surface area (Å²) >= 11 is 0. The van der Waals surface area contributed by atoms with Gasteiger partial charge >= 0.3 is 0 Å². The van der Waals surface area contributed by atoms with Gasteiger partial charge in [-0.3, -0.25) is 4.79 Å². The third kappa shape index (κ3) is 5.06. The Labute approximate surface area is 88.0 Å². The van der Waals surface area contributed by atoms with Crippen LogP contribution in [-0.4, -0.2) is 32.7 Å². The molecule has 1 aromatic rings. The smallest absolute Gasteiger partial charge is 0.217 e. The molecular formula is C8H16N6O. The van der Waals surface area contributed by atoms with Gasteiger partial charge in [-0.2, -0.15) is 4.80 Å². The van der Waals surface area contributed by atoms with Gasteiger partial charge in [0.15, 0.2) is 5.82 Å². The summed E-state index contributed by atoms with van der Waals surface area (Å²) in [5.41, 5.74) is 5.01. The van der Waals surface area contributed by atoms with Gasteiger partial charge in [-0.15, -0.1) is 10.2 Å². The molecule has 1 aromatic heterocycles. The zero-order valence-corrected chi connectivity index (χ0v) is 8.81. The molecule has 0 unspecified atom stereocenters. The van der Waals surface area contributed by atoms with Gasteiger partial charge in [0.25, 0.3) is 0 Å². The van der Waals surface area contributed by atoms with Crippen molar-refractivity contribution in [3.63, 3.8) is 0 Å². The maximum Gasteiger partial charge on any atom is 0.217 e. The number of nitrogens with zero attached hydrogens (tertiary/aromatic N) is 4. The zero-order valence-electron chi connectivity index (χ0n) is 8.81. The molecule has 0 aliphatic carbocycles. The Kier molecular flexibility index (Phi) is 4.69. The van der Waals surface area contributed by atoms with Gasteiger partial charge in [0.1, 0.15) is 0 Å². The number of aromatic nitrogens is 4. The Bertz CT molecular complexity index is 310. The van der Waals surface area contributed by atoms with Crippen molar-refractivity contribution in [3.05, 3.63) is 5.82 Å². The number of rotatable bonds is 7. The molecular weight excluding hydrogens is 196 g/mol. The summed E-state index contributed by atoms with van der Waals surface area (Å²) in [6, 6.07) is 0. The SMILES string of the molecule is Cn1nnc(CNCCCCC(N)=O)n1. The van der Waals surface area contributed by atoms with E-state index in [1.54, 1.807) is 7.05 Å². The molecule has 1 heterocycles. The Balaban J connectivity index is 2.00. The summed E-state index contributed by atoms with van der Waals surface area (Å²) < 4.78 is 0. The molecule has 0 saturated heterocycles. The maximum atomic E-state index is 10.4. The lowest BCUT2D eigenvalue weighted by molar-refractivity contribution is -0.118. The number of aryl methyl sites for hydroxylation is 1. The number of unbranched alkanes of at least 4 members (excludes halogenated alkanes) is 1. The standard InChI is InChI=1S/C8H16N6O/c1-14-12-8(11-13-14)6-10-5-3-2-4-7(9)15/h10H,2-6H2,1H3,(H2,9,15). The molecule has 1 amide bonds. The van der Waals surface area contributed by atoms with Crippen LogP contribution in [0.1, 0.15) is 25.1 Å². The van der Waals surface area contributed by atoms with Crippen molar-refractivity contribution in [1.29, 1.82) is 0 Å². The number of carbonyl (C=O) groups is 1. The van der Waals surface area contributed by atoms with Gasteiger partial charge in [-0.1, -0.05) is 0 Å². The van der Waals surface area contributed by atoms with Crippen LogP contribution < -0.4 is 11.1 Å². The van der Waals surface area contributed by atoms with Crippen LogP contribution in [0.5, 0.6) is 0 Å². The lowest BCUT2D eigenvalue weighted by Gasteiger charge is -2.00. The molecule has 1 rings (SSSR count). The first-order chi connectivity index (χ1) is 7.18. The summed E-state index contributed by atoms with van der Waals surface area (Å²) in [6.45, 7) is 1.43. The largest absolute Gasteiger partial charge is 0.370 e. The average Bonchev–Trinajstić information content (AvgIpc) is 2.57. The minimum atomic E-state index is -0.245. The highest BCUT2D eigenvalue weighted by Crippen LogP contribution is 1.93. The van der Waals surface area contributed by atoms with Gasteiger partial charge in [0, 0.05) is 6.42 Å². The number of hydrogen-bond acceptors (Lipinski definition) is 5. The fourth-order valence-electron chi connectivity index (χ4n) is 1.14. The zero-order chi connectivity index (χ0) is 11.1. The van der Waals surface area contributed by atoms with Crippen LogP contribution in [0.2, 0.25) is 0 Å². The highest BCUT2D eigenvalue weighted by Gasteiger charge is 1.99. The number of nitrogens with two attached hydrogens (primary N) is 1. The van der Waals surface area contributed by atoms with E-state index in [2.05, 4.69) is 20.7 Å². The molecule has 0 spiro atoms. The van der Waals surface area contributed by atoms with Crippen molar-refractivity contribution in [1.82, 2.24) is 25.5 Å². The monoisotopic (exact) mass is 212 g/mol. The Morgan fingerprint density at radius 2 is 2.33 bits per heavy atom. The highest BCUT2D eigenvalue weighted by atomic mass is 16.1.